The van der Waals surface area contributed by atoms with Crippen molar-refractivity contribution in [2.24, 2.45) is 0 Å². The Balaban J connectivity index is 2.11. The van der Waals surface area contributed by atoms with E-state index in [1.165, 1.54) is 0 Å². The monoisotopic (exact) mass is 325 g/mol. The minimum Gasteiger partial charge on any atom is -0.490 e. The topological polar surface area (TPSA) is 31.4 Å². The highest BCUT2D eigenvalue weighted by molar-refractivity contribution is 5.70. The van der Waals surface area contributed by atoms with Crippen LogP contribution < -0.4 is 9.47 Å². The largest absolute Gasteiger partial charge is 0.490 e. The third-order valence-corrected chi connectivity index (χ3v) is 3.65. The SMILES string of the molecule is CCCCOc1ccc(/C=C/c2ccncc2)cc1OCCCC. The van der Waals surface area contributed by atoms with Gasteiger partial charge in [-0.3, -0.25) is 4.98 Å². The van der Waals surface area contributed by atoms with Crippen molar-refractivity contribution in [2.45, 2.75) is 39.5 Å². The molecule has 0 radical (unpaired) electrons. The second kappa shape index (κ2) is 10.5. The molecule has 2 rings (SSSR count). The summed E-state index contributed by atoms with van der Waals surface area (Å²) in [4.78, 5) is 4.03. The molecule has 0 spiro atoms. The standard InChI is InChI=1S/C21H27NO2/c1-3-5-15-23-20-10-9-19(17-21(20)24-16-6-4-2)8-7-18-11-13-22-14-12-18/h7-14,17H,3-6,15-16H2,1-2H3/b8-7+. The number of rotatable bonds is 10. The predicted molar refractivity (Wildman–Crippen MR) is 100 cm³/mol. The zero-order chi connectivity index (χ0) is 17.0. The minimum absolute atomic E-state index is 0.720. The van der Waals surface area contributed by atoms with Gasteiger partial charge >= 0.3 is 0 Å². The van der Waals surface area contributed by atoms with Crippen molar-refractivity contribution >= 4 is 12.2 Å². The van der Waals surface area contributed by atoms with Crippen molar-refractivity contribution in [3.63, 3.8) is 0 Å². The van der Waals surface area contributed by atoms with Crippen LogP contribution in [0.2, 0.25) is 0 Å². The zero-order valence-electron chi connectivity index (χ0n) is 14.7. The van der Waals surface area contributed by atoms with Gasteiger partial charge in [-0.25, -0.2) is 0 Å². The second-order valence-electron chi connectivity index (χ2n) is 5.72. The predicted octanol–water partition coefficient (Wildman–Crippen LogP) is 5.61. The summed E-state index contributed by atoms with van der Waals surface area (Å²) in [5.74, 6) is 1.66. The van der Waals surface area contributed by atoms with E-state index in [9.17, 15) is 0 Å². The van der Waals surface area contributed by atoms with Crippen LogP contribution in [0.15, 0.2) is 42.7 Å². The molecule has 0 saturated carbocycles. The number of nitrogens with zero attached hydrogens (tertiary/aromatic N) is 1. The van der Waals surface area contributed by atoms with Crippen LogP contribution in [-0.4, -0.2) is 18.2 Å². The first-order chi connectivity index (χ1) is 11.8. The van der Waals surface area contributed by atoms with E-state index >= 15 is 0 Å². The molecule has 1 heterocycles. The first kappa shape index (κ1) is 18.1. The molecule has 128 valence electrons. The summed E-state index contributed by atoms with van der Waals surface area (Å²) in [5, 5.41) is 0. The van der Waals surface area contributed by atoms with Crippen LogP contribution in [0.1, 0.15) is 50.7 Å². The van der Waals surface area contributed by atoms with E-state index in [1.807, 2.05) is 18.2 Å². The fourth-order valence-electron chi connectivity index (χ4n) is 2.18. The molecule has 24 heavy (non-hydrogen) atoms. The molecule has 0 N–H and O–H groups in total. The van der Waals surface area contributed by atoms with Crippen molar-refractivity contribution in [3.05, 3.63) is 53.9 Å². The maximum absolute atomic E-state index is 5.93. The number of hydrogen-bond donors (Lipinski definition) is 0. The number of aromatic nitrogens is 1. The Bertz CT molecular complexity index is 623. The van der Waals surface area contributed by atoms with Gasteiger partial charge in [-0.2, -0.15) is 0 Å². The van der Waals surface area contributed by atoms with Crippen LogP contribution in [0, 0.1) is 0 Å². The Morgan fingerprint density at radius 2 is 1.42 bits per heavy atom. The molecule has 0 aliphatic rings. The molecule has 3 heteroatoms. The van der Waals surface area contributed by atoms with E-state index in [0.717, 1.165) is 61.5 Å². The molecule has 1 aromatic carbocycles. The Morgan fingerprint density at radius 1 is 0.792 bits per heavy atom. The quantitative estimate of drug-likeness (QED) is 0.532. The van der Waals surface area contributed by atoms with Gasteiger partial charge in [-0.05, 0) is 48.2 Å². The summed E-state index contributed by atoms with van der Waals surface area (Å²) >= 11 is 0. The molecular weight excluding hydrogens is 298 g/mol. The van der Waals surface area contributed by atoms with Crippen LogP contribution in [0.3, 0.4) is 0 Å². The van der Waals surface area contributed by atoms with E-state index in [2.05, 4.69) is 43.1 Å². The van der Waals surface area contributed by atoms with Crippen molar-refractivity contribution in [1.82, 2.24) is 4.98 Å². The van der Waals surface area contributed by atoms with E-state index in [1.54, 1.807) is 12.4 Å². The normalized spacial score (nSPS) is 10.9. The van der Waals surface area contributed by atoms with E-state index in [-0.39, 0.29) is 0 Å². The van der Waals surface area contributed by atoms with Crippen LogP contribution in [0.25, 0.3) is 12.2 Å². The lowest BCUT2D eigenvalue weighted by molar-refractivity contribution is 0.262. The lowest BCUT2D eigenvalue weighted by Crippen LogP contribution is -2.02. The van der Waals surface area contributed by atoms with Gasteiger partial charge in [0.25, 0.3) is 0 Å². The third-order valence-electron chi connectivity index (χ3n) is 3.65. The van der Waals surface area contributed by atoms with Crippen LogP contribution in [0.5, 0.6) is 11.5 Å². The fourth-order valence-corrected chi connectivity index (χ4v) is 2.18. The fraction of sp³-hybridized carbons (Fsp3) is 0.381. The van der Waals surface area contributed by atoms with E-state index < -0.39 is 0 Å². The molecule has 2 aromatic rings. The maximum atomic E-state index is 5.93. The number of benzene rings is 1. The average Bonchev–Trinajstić information content (AvgIpc) is 2.62. The van der Waals surface area contributed by atoms with Gasteiger partial charge in [-0.15, -0.1) is 0 Å². The van der Waals surface area contributed by atoms with Gasteiger partial charge < -0.3 is 9.47 Å². The Kier molecular flexibility index (Phi) is 7.88. The molecule has 0 unspecified atom stereocenters. The van der Waals surface area contributed by atoms with Gasteiger partial charge in [0.15, 0.2) is 11.5 Å². The summed E-state index contributed by atoms with van der Waals surface area (Å²) in [7, 11) is 0. The molecule has 0 fully saturated rings. The smallest absolute Gasteiger partial charge is 0.161 e. The minimum atomic E-state index is 0.720. The number of hydrogen-bond acceptors (Lipinski definition) is 3. The molecule has 0 saturated heterocycles. The van der Waals surface area contributed by atoms with Crippen LogP contribution >= 0.6 is 0 Å². The molecule has 3 nitrogen and oxygen atoms in total. The summed E-state index contributed by atoms with van der Waals surface area (Å²) in [6.07, 6.45) is 12.1. The van der Waals surface area contributed by atoms with Crippen molar-refractivity contribution in [3.8, 4) is 11.5 Å². The highest BCUT2D eigenvalue weighted by Gasteiger charge is 2.06. The first-order valence-corrected chi connectivity index (χ1v) is 8.81. The summed E-state index contributed by atoms with van der Waals surface area (Å²) in [5.41, 5.74) is 2.22. The average molecular weight is 325 g/mol. The molecule has 1 aromatic heterocycles. The van der Waals surface area contributed by atoms with E-state index in [4.69, 9.17) is 9.47 Å². The number of pyridine rings is 1. The molecular formula is C21H27NO2. The molecule has 0 atom stereocenters. The molecule has 0 amide bonds. The van der Waals surface area contributed by atoms with Crippen molar-refractivity contribution in [2.75, 3.05) is 13.2 Å². The summed E-state index contributed by atoms with van der Waals surface area (Å²) in [6, 6.07) is 10.1. The van der Waals surface area contributed by atoms with Crippen molar-refractivity contribution in [1.29, 1.82) is 0 Å². The van der Waals surface area contributed by atoms with Crippen molar-refractivity contribution < 1.29 is 9.47 Å². The number of unbranched alkanes of at least 4 members (excludes halogenated alkanes) is 2. The van der Waals surface area contributed by atoms with E-state index in [0.29, 0.717) is 0 Å². The highest BCUT2D eigenvalue weighted by atomic mass is 16.5. The highest BCUT2D eigenvalue weighted by Crippen LogP contribution is 2.29. The summed E-state index contributed by atoms with van der Waals surface area (Å²) in [6.45, 7) is 5.77. The van der Waals surface area contributed by atoms with Gasteiger partial charge in [-0.1, -0.05) is 44.9 Å². The molecule has 0 bridgehead atoms. The van der Waals surface area contributed by atoms with Crippen LogP contribution in [-0.2, 0) is 0 Å². The zero-order valence-corrected chi connectivity index (χ0v) is 14.7. The number of ether oxygens (including phenoxy) is 2. The van der Waals surface area contributed by atoms with Crippen LogP contribution in [0.4, 0.5) is 0 Å². The lowest BCUT2D eigenvalue weighted by atomic mass is 10.1. The molecule has 0 aliphatic carbocycles. The third kappa shape index (κ3) is 6.07. The Hall–Kier alpha value is -2.29. The van der Waals surface area contributed by atoms with Gasteiger partial charge in [0.1, 0.15) is 0 Å². The van der Waals surface area contributed by atoms with Gasteiger partial charge in [0.05, 0.1) is 13.2 Å². The van der Waals surface area contributed by atoms with Gasteiger partial charge in [0.2, 0.25) is 0 Å². The maximum Gasteiger partial charge on any atom is 0.161 e. The Labute approximate surface area is 145 Å². The second-order valence-corrected chi connectivity index (χ2v) is 5.72. The first-order valence-electron chi connectivity index (χ1n) is 8.81. The Morgan fingerprint density at radius 3 is 2.08 bits per heavy atom. The van der Waals surface area contributed by atoms with Gasteiger partial charge in [0, 0.05) is 12.4 Å². The molecule has 0 aliphatic heterocycles. The summed E-state index contributed by atoms with van der Waals surface area (Å²) < 4.78 is 11.8. The lowest BCUT2D eigenvalue weighted by Gasteiger charge is -2.13.